The van der Waals surface area contributed by atoms with E-state index >= 15 is 0 Å². The van der Waals surface area contributed by atoms with Crippen LogP contribution in [0.4, 0.5) is 0 Å². The molecule has 6 nitrogen and oxygen atoms in total. The summed E-state index contributed by atoms with van der Waals surface area (Å²) in [6.07, 6.45) is 2.83. The standard InChI is InChI=1S/C14H16N4O2S/c19-13-2-1-12(15-16-13)14(20)18-6-4-17(5-7-18)9-11-3-8-21-10-11/h1-3,8,10,12H,4-7,9H2. The zero-order valence-electron chi connectivity index (χ0n) is 11.5. The van der Waals surface area contributed by atoms with Crippen molar-refractivity contribution in [2.45, 2.75) is 12.6 Å². The molecule has 0 bridgehead atoms. The van der Waals surface area contributed by atoms with Gasteiger partial charge in [0.25, 0.3) is 11.8 Å². The van der Waals surface area contributed by atoms with E-state index in [0.717, 1.165) is 19.6 Å². The lowest BCUT2D eigenvalue weighted by Crippen LogP contribution is -2.50. The van der Waals surface area contributed by atoms with Crippen molar-refractivity contribution >= 4 is 23.2 Å². The summed E-state index contributed by atoms with van der Waals surface area (Å²) in [4.78, 5) is 27.3. The number of piperazine rings is 1. The van der Waals surface area contributed by atoms with Gasteiger partial charge in [0.2, 0.25) is 0 Å². The van der Waals surface area contributed by atoms with E-state index in [1.807, 2.05) is 0 Å². The van der Waals surface area contributed by atoms with Gasteiger partial charge in [0, 0.05) is 38.8 Å². The molecular weight excluding hydrogens is 288 g/mol. The Morgan fingerprint density at radius 2 is 2.14 bits per heavy atom. The second-order valence-electron chi connectivity index (χ2n) is 5.09. The summed E-state index contributed by atoms with van der Waals surface area (Å²) in [5.74, 6) is -0.475. The lowest BCUT2D eigenvalue weighted by atomic mass is 10.2. The smallest absolute Gasteiger partial charge is 0.287 e. The molecule has 2 aliphatic rings. The quantitative estimate of drug-likeness (QED) is 0.845. The van der Waals surface area contributed by atoms with Crippen LogP contribution in [0.1, 0.15) is 5.56 Å². The van der Waals surface area contributed by atoms with Crippen LogP contribution in [0, 0.1) is 0 Å². The van der Waals surface area contributed by atoms with Gasteiger partial charge in [0.1, 0.15) is 0 Å². The minimum Gasteiger partial charge on any atom is -0.338 e. The lowest BCUT2D eigenvalue weighted by molar-refractivity contribution is -0.133. The van der Waals surface area contributed by atoms with Crippen molar-refractivity contribution in [2.24, 2.45) is 10.2 Å². The van der Waals surface area contributed by atoms with Gasteiger partial charge in [-0.3, -0.25) is 14.5 Å². The predicted molar refractivity (Wildman–Crippen MR) is 79.0 cm³/mol. The normalized spacial score (nSPS) is 22.8. The van der Waals surface area contributed by atoms with E-state index in [1.54, 1.807) is 16.2 Å². The third-order valence-corrected chi connectivity index (χ3v) is 4.36. The largest absolute Gasteiger partial charge is 0.338 e. The molecule has 0 aromatic carbocycles. The van der Waals surface area contributed by atoms with Gasteiger partial charge in [-0.05, 0) is 28.5 Å². The van der Waals surface area contributed by atoms with Crippen LogP contribution in [0.2, 0.25) is 0 Å². The summed E-state index contributed by atoms with van der Waals surface area (Å²) < 4.78 is 0. The molecule has 1 atom stereocenters. The van der Waals surface area contributed by atoms with Crippen LogP contribution in [-0.2, 0) is 16.1 Å². The van der Waals surface area contributed by atoms with Gasteiger partial charge in [0.15, 0.2) is 6.04 Å². The Hall–Kier alpha value is -1.86. The zero-order chi connectivity index (χ0) is 14.7. The second-order valence-corrected chi connectivity index (χ2v) is 5.87. The van der Waals surface area contributed by atoms with Gasteiger partial charge in [-0.15, -0.1) is 5.11 Å². The van der Waals surface area contributed by atoms with E-state index < -0.39 is 11.9 Å². The van der Waals surface area contributed by atoms with Crippen molar-refractivity contribution < 1.29 is 9.59 Å². The molecular formula is C14H16N4O2S. The Bertz CT molecular complexity index is 558. The van der Waals surface area contributed by atoms with Crippen LogP contribution in [0.5, 0.6) is 0 Å². The molecule has 2 aliphatic heterocycles. The maximum absolute atomic E-state index is 12.3. The van der Waals surface area contributed by atoms with E-state index in [-0.39, 0.29) is 5.91 Å². The predicted octanol–water partition coefficient (Wildman–Crippen LogP) is 1.31. The molecule has 0 radical (unpaired) electrons. The minimum absolute atomic E-state index is 0.0716. The SMILES string of the molecule is O=C1C=CC(C(=O)N2CCN(Cc3ccsc3)CC2)N=N1. The molecule has 1 fully saturated rings. The fourth-order valence-corrected chi connectivity index (χ4v) is 3.11. The van der Waals surface area contributed by atoms with Gasteiger partial charge in [-0.1, -0.05) is 0 Å². The Morgan fingerprint density at radius 3 is 2.76 bits per heavy atom. The highest BCUT2D eigenvalue weighted by molar-refractivity contribution is 7.07. The van der Waals surface area contributed by atoms with Crippen LogP contribution in [0.3, 0.4) is 0 Å². The topological polar surface area (TPSA) is 65.3 Å². The third-order valence-electron chi connectivity index (χ3n) is 3.63. The summed E-state index contributed by atoms with van der Waals surface area (Å²) >= 11 is 1.70. The Balaban J connectivity index is 1.51. The highest BCUT2D eigenvalue weighted by atomic mass is 32.1. The summed E-state index contributed by atoms with van der Waals surface area (Å²) in [6, 6.07) is 1.50. The molecule has 0 aliphatic carbocycles. The Kier molecular flexibility index (Phi) is 4.21. The molecule has 0 saturated carbocycles. The molecule has 21 heavy (non-hydrogen) atoms. The number of azo groups is 1. The number of hydrogen-bond donors (Lipinski definition) is 0. The van der Waals surface area contributed by atoms with Crippen LogP contribution >= 0.6 is 11.3 Å². The van der Waals surface area contributed by atoms with Crippen LogP contribution in [0.15, 0.2) is 39.2 Å². The van der Waals surface area contributed by atoms with Gasteiger partial charge in [-0.25, -0.2) is 0 Å². The van der Waals surface area contributed by atoms with E-state index in [9.17, 15) is 9.59 Å². The van der Waals surface area contributed by atoms with E-state index in [4.69, 9.17) is 0 Å². The molecule has 110 valence electrons. The van der Waals surface area contributed by atoms with E-state index in [2.05, 4.69) is 32.0 Å². The number of rotatable bonds is 3. The lowest BCUT2D eigenvalue weighted by Gasteiger charge is -2.35. The minimum atomic E-state index is -0.633. The molecule has 1 aromatic heterocycles. The van der Waals surface area contributed by atoms with Crippen molar-refractivity contribution in [2.75, 3.05) is 26.2 Å². The third kappa shape index (κ3) is 3.43. The van der Waals surface area contributed by atoms with Crippen molar-refractivity contribution in [3.8, 4) is 0 Å². The molecule has 3 heterocycles. The maximum atomic E-state index is 12.3. The fourth-order valence-electron chi connectivity index (χ4n) is 2.45. The first-order chi connectivity index (χ1) is 10.2. The zero-order valence-corrected chi connectivity index (χ0v) is 12.3. The Labute approximate surface area is 126 Å². The number of hydrogen-bond acceptors (Lipinski definition) is 5. The molecule has 1 unspecified atom stereocenters. The van der Waals surface area contributed by atoms with Crippen LogP contribution < -0.4 is 0 Å². The monoisotopic (exact) mass is 304 g/mol. The number of thiophene rings is 1. The number of carbonyl (C=O) groups excluding carboxylic acids is 2. The number of nitrogens with zero attached hydrogens (tertiary/aromatic N) is 4. The highest BCUT2D eigenvalue weighted by Gasteiger charge is 2.27. The van der Waals surface area contributed by atoms with Gasteiger partial charge in [0.05, 0.1) is 0 Å². The van der Waals surface area contributed by atoms with Gasteiger partial charge < -0.3 is 4.90 Å². The molecule has 0 spiro atoms. The number of amides is 2. The van der Waals surface area contributed by atoms with Gasteiger partial charge in [-0.2, -0.15) is 16.5 Å². The molecule has 7 heteroatoms. The first kappa shape index (κ1) is 14.1. The Morgan fingerprint density at radius 1 is 1.33 bits per heavy atom. The fraction of sp³-hybridized carbons (Fsp3) is 0.429. The van der Waals surface area contributed by atoms with E-state index in [1.165, 1.54) is 17.7 Å². The molecule has 1 aromatic rings. The summed E-state index contributed by atoms with van der Waals surface area (Å²) in [7, 11) is 0. The van der Waals surface area contributed by atoms with Crippen molar-refractivity contribution in [1.29, 1.82) is 0 Å². The van der Waals surface area contributed by atoms with Crippen molar-refractivity contribution in [3.63, 3.8) is 0 Å². The van der Waals surface area contributed by atoms with E-state index in [0.29, 0.717) is 13.1 Å². The van der Waals surface area contributed by atoms with Crippen LogP contribution in [0.25, 0.3) is 0 Å². The molecule has 0 N–H and O–H groups in total. The molecule has 2 amide bonds. The maximum Gasteiger partial charge on any atom is 0.287 e. The van der Waals surface area contributed by atoms with Crippen LogP contribution in [-0.4, -0.2) is 53.8 Å². The first-order valence-corrected chi connectivity index (χ1v) is 7.82. The average Bonchev–Trinajstić information content (AvgIpc) is 3.01. The average molecular weight is 304 g/mol. The summed E-state index contributed by atoms with van der Waals surface area (Å²) in [5.41, 5.74) is 1.32. The second kappa shape index (κ2) is 6.28. The first-order valence-electron chi connectivity index (χ1n) is 6.87. The molecule has 1 saturated heterocycles. The van der Waals surface area contributed by atoms with Crippen molar-refractivity contribution in [3.05, 3.63) is 34.5 Å². The highest BCUT2D eigenvalue weighted by Crippen LogP contribution is 2.13. The number of carbonyl (C=O) groups is 2. The summed E-state index contributed by atoms with van der Waals surface area (Å²) in [6.45, 7) is 4.03. The molecule has 3 rings (SSSR count). The summed E-state index contributed by atoms with van der Waals surface area (Å²) in [5, 5.41) is 11.4. The van der Waals surface area contributed by atoms with Crippen molar-refractivity contribution in [1.82, 2.24) is 9.80 Å². The van der Waals surface area contributed by atoms with Gasteiger partial charge >= 0.3 is 0 Å².